The molecule has 1 saturated heterocycles. The number of aliphatic hydroxyl groups excluding tert-OH is 3. The summed E-state index contributed by atoms with van der Waals surface area (Å²) in [5, 5.41) is 44.5. The van der Waals surface area contributed by atoms with E-state index in [0.29, 0.717) is 12.0 Å². The first kappa shape index (κ1) is 32.4. The van der Waals surface area contributed by atoms with E-state index in [9.17, 15) is 30.0 Å². The first-order chi connectivity index (χ1) is 19.3. The van der Waals surface area contributed by atoms with Crippen LogP contribution in [0.2, 0.25) is 0 Å². The van der Waals surface area contributed by atoms with Crippen LogP contribution in [0, 0.1) is 0 Å². The molecule has 0 saturated carbocycles. The number of carbonyl (C=O) groups excluding carboxylic acids is 2. The zero-order valence-corrected chi connectivity index (χ0v) is 24.4. The zero-order chi connectivity index (χ0) is 28.5. The average molecular weight is 576 g/mol. The number of alkyl carbamates (subject to hydrolysis) is 1. The Morgan fingerprint density at radius 2 is 1.44 bits per heavy atom. The van der Waals surface area contributed by atoms with Crippen molar-refractivity contribution in [2.45, 2.75) is 50.3 Å². The van der Waals surface area contributed by atoms with Gasteiger partial charge < -0.3 is 49.5 Å². The van der Waals surface area contributed by atoms with Crippen molar-refractivity contribution in [2.24, 2.45) is 0 Å². The van der Waals surface area contributed by atoms with Crippen molar-refractivity contribution < 1.29 is 78.5 Å². The number of carbonyl (C=O) groups is 2. The van der Waals surface area contributed by atoms with Gasteiger partial charge in [0.15, 0.2) is 11.5 Å². The number of hydrogen-bond donors (Lipinski definition) is 4. The normalized spacial score (nSPS) is 21.7. The summed E-state index contributed by atoms with van der Waals surface area (Å²) in [6, 6.07) is 23.5. The van der Waals surface area contributed by atoms with Crippen LogP contribution in [0.3, 0.4) is 0 Å². The van der Waals surface area contributed by atoms with Crippen molar-refractivity contribution in [3.8, 4) is 11.5 Å². The van der Waals surface area contributed by atoms with Gasteiger partial charge >= 0.3 is 35.7 Å². The summed E-state index contributed by atoms with van der Waals surface area (Å²) in [5.41, 5.74) is 2.43. The molecule has 0 bridgehead atoms. The van der Waals surface area contributed by atoms with Crippen molar-refractivity contribution >= 4 is 12.1 Å². The number of aliphatic carboxylic acids is 1. The van der Waals surface area contributed by atoms with Gasteiger partial charge in [-0.1, -0.05) is 66.7 Å². The largest absolute Gasteiger partial charge is 1.00 e. The van der Waals surface area contributed by atoms with Crippen molar-refractivity contribution in [1.29, 1.82) is 0 Å². The van der Waals surface area contributed by atoms with Crippen molar-refractivity contribution in [1.82, 2.24) is 5.32 Å². The number of carboxylic acid groups (broad SMARTS) is 1. The molecule has 1 heterocycles. The van der Waals surface area contributed by atoms with E-state index in [4.69, 9.17) is 18.9 Å². The second kappa shape index (κ2) is 15.7. The second-order valence-corrected chi connectivity index (χ2v) is 9.13. The summed E-state index contributed by atoms with van der Waals surface area (Å²) in [4.78, 5) is 23.5. The molecular weight excluding hydrogens is 545 g/mol. The Bertz CT molecular complexity index is 1260. The van der Waals surface area contributed by atoms with Crippen LogP contribution in [0.5, 0.6) is 11.5 Å². The summed E-state index contributed by atoms with van der Waals surface area (Å²) in [7, 11) is 0. The maximum atomic E-state index is 12.1. The Hall–Kier alpha value is -3.16. The molecule has 12 heteroatoms. The minimum Gasteiger partial charge on any atom is -0.547 e. The summed E-state index contributed by atoms with van der Waals surface area (Å²) >= 11 is 0. The van der Waals surface area contributed by atoms with Crippen LogP contribution in [-0.2, 0) is 33.9 Å². The topological polar surface area (TPSA) is 167 Å². The van der Waals surface area contributed by atoms with Gasteiger partial charge in [-0.2, -0.15) is 0 Å². The molecule has 212 valence electrons. The van der Waals surface area contributed by atoms with Crippen LogP contribution in [-0.4, -0.2) is 64.6 Å². The van der Waals surface area contributed by atoms with Crippen LogP contribution in [0.1, 0.15) is 16.7 Å². The van der Waals surface area contributed by atoms with E-state index in [1.165, 1.54) is 0 Å². The van der Waals surface area contributed by atoms with Gasteiger partial charge in [-0.05, 0) is 35.2 Å². The predicted molar refractivity (Wildman–Crippen MR) is 138 cm³/mol. The molecule has 11 nitrogen and oxygen atoms in total. The molecule has 0 aromatic heterocycles. The van der Waals surface area contributed by atoms with Gasteiger partial charge in [0.2, 0.25) is 6.29 Å². The Labute approximate surface area is 258 Å². The SMILES string of the molecule is O=C(NCCc1ccc(OCc2ccccc2)c(O[C@@H]2O[C@H](C(=O)[O-])[C@@H](O)[C@H](O)[C@H]2O)c1)OCc1ccccc1.[Na+]. The molecule has 5 atom stereocenters. The van der Waals surface area contributed by atoms with Crippen LogP contribution in [0.4, 0.5) is 4.79 Å². The first-order valence-corrected chi connectivity index (χ1v) is 12.6. The molecule has 0 spiro atoms. The van der Waals surface area contributed by atoms with Gasteiger partial charge in [-0.15, -0.1) is 0 Å². The number of benzene rings is 3. The first-order valence-electron chi connectivity index (χ1n) is 12.6. The van der Waals surface area contributed by atoms with E-state index in [1.807, 2.05) is 60.7 Å². The molecule has 4 N–H and O–H groups in total. The van der Waals surface area contributed by atoms with Crippen molar-refractivity contribution in [3.63, 3.8) is 0 Å². The summed E-state index contributed by atoms with van der Waals surface area (Å²) in [6.45, 7) is 0.551. The molecule has 41 heavy (non-hydrogen) atoms. The molecule has 1 aliphatic rings. The quantitative estimate of drug-likeness (QED) is 0.182. The fourth-order valence-electron chi connectivity index (χ4n) is 4.00. The molecule has 0 unspecified atom stereocenters. The smallest absolute Gasteiger partial charge is 0.547 e. The Balaban J connectivity index is 0.00000462. The molecule has 1 aliphatic heterocycles. The van der Waals surface area contributed by atoms with E-state index in [1.54, 1.807) is 18.2 Å². The van der Waals surface area contributed by atoms with Crippen LogP contribution >= 0.6 is 0 Å². The van der Waals surface area contributed by atoms with Gasteiger partial charge in [0.05, 0.1) is 5.97 Å². The van der Waals surface area contributed by atoms with Gasteiger partial charge in [0.25, 0.3) is 0 Å². The number of hydrogen-bond acceptors (Lipinski definition) is 10. The summed E-state index contributed by atoms with van der Waals surface area (Å²) < 4.78 is 22.1. The molecule has 1 fully saturated rings. The van der Waals surface area contributed by atoms with Gasteiger partial charge in [0.1, 0.15) is 37.6 Å². The minimum absolute atomic E-state index is 0. The van der Waals surface area contributed by atoms with E-state index in [2.05, 4.69) is 5.32 Å². The third kappa shape index (κ3) is 9.17. The van der Waals surface area contributed by atoms with E-state index in [0.717, 1.165) is 11.1 Å². The van der Waals surface area contributed by atoms with Crippen LogP contribution in [0.15, 0.2) is 78.9 Å². The van der Waals surface area contributed by atoms with Crippen LogP contribution in [0.25, 0.3) is 0 Å². The van der Waals surface area contributed by atoms with E-state index in [-0.39, 0.29) is 60.8 Å². The fourth-order valence-corrected chi connectivity index (χ4v) is 4.00. The Kier molecular flexibility index (Phi) is 12.4. The fraction of sp³-hybridized carbons (Fsp3) is 0.310. The van der Waals surface area contributed by atoms with Crippen LogP contribution < -0.4 is 49.5 Å². The maximum Gasteiger partial charge on any atom is 1.00 e. The molecule has 0 radical (unpaired) electrons. The third-order valence-corrected chi connectivity index (χ3v) is 6.19. The number of ether oxygens (including phenoxy) is 4. The Morgan fingerprint density at radius 3 is 2.07 bits per heavy atom. The minimum atomic E-state index is -1.92. The van der Waals surface area contributed by atoms with E-state index >= 15 is 0 Å². The molecule has 4 rings (SSSR count). The monoisotopic (exact) mass is 575 g/mol. The molecule has 0 aliphatic carbocycles. The third-order valence-electron chi connectivity index (χ3n) is 6.19. The number of carboxylic acids is 1. The average Bonchev–Trinajstić information content (AvgIpc) is 2.96. The molecule has 3 aromatic carbocycles. The standard InChI is InChI=1S/C29H31NO10.Na/c31-23-24(32)26(27(34)35)40-28(25(23)33)39-22-15-18(11-12-21(22)37-16-19-7-3-1-4-8-19)13-14-30-29(36)38-17-20-9-5-2-6-10-20;/h1-12,15,23-26,28,31-33H,13-14,16-17H2,(H,30,36)(H,34,35);/q;+1/p-1/t23-,24-,25+,26-,28+;/m0./s1. The number of rotatable bonds is 11. The Morgan fingerprint density at radius 1 is 0.805 bits per heavy atom. The number of amides is 1. The van der Waals surface area contributed by atoms with Crippen molar-refractivity contribution in [2.75, 3.05) is 6.54 Å². The number of aliphatic hydroxyl groups is 3. The number of nitrogens with one attached hydrogen (secondary N) is 1. The predicted octanol–water partition coefficient (Wildman–Crippen LogP) is -2.33. The zero-order valence-electron chi connectivity index (χ0n) is 22.4. The molecule has 3 aromatic rings. The molecule has 1 amide bonds. The van der Waals surface area contributed by atoms with E-state index < -0.39 is 42.8 Å². The van der Waals surface area contributed by atoms with Gasteiger partial charge in [-0.25, -0.2) is 4.79 Å². The van der Waals surface area contributed by atoms with Gasteiger partial charge in [0, 0.05) is 6.54 Å². The summed E-state index contributed by atoms with van der Waals surface area (Å²) in [6.07, 6.45) is -9.32. The van der Waals surface area contributed by atoms with Gasteiger partial charge in [-0.3, -0.25) is 0 Å². The van der Waals surface area contributed by atoms with Crippen molar-refractivity contribution in [3.05, 3.63) is 95.6 Å². The summed E-state index contributed by atoms with van der Waals surface area (Å²) in [5.74, 6) is -1.43. The second-order valence-electron chi connectivity index (χ2n) is 9.13. The maximum absolute atomic E-state index is 12.1. The molecular formula is C29H30NNaO10.